The zero-order valence-electron chi connectivity index (χ0n) is 11.5. The van der Waals surface area contributed by atoms with Crippen molar-refractivity contribution in [3.8, 4) is 23.6 Å². The van der Waals surface area contributed by atoms with Crippen LogP contribution in [0.2, 0.25) is 0 Å². The Morgan fingerprint density at radius 3 is 2.77 bits per heavy atom. The maximum atomic E-state index is 12.0. The highest BCUT2D eigenvalue weighted by molar-refractivity contribution is 7.10. The fourth-order valence-corrected chi connectivity index (χ4v) is 2.54. The highest BCUT2D eigenvalue weighted by Crippen LogP contribution is 2.16. The van der Waals surface area contributed by atoms with E-state index >= 15 is 0 Å². The summed E-state index contributed by atoms with van der Waals surface area (Å²) in [6, 6.07) is 9.79. The monoisotopic (exact) mass is 308 g/mol. The van der Waals surface area contributed by atoms with Gasteiger partial charge in [-0.1, -0.05) is 24.3 Å². The molecule has 22 heavy (non-hydrogen) atoms. The number of aromatic nitrogens is 3. The summed E-state index contributed by atoms with van der Waals surface area (Å²) in [4.78, 5) is 16.0. The number of hydrogen-bond acceptors (Lipinski definition) is 4. The van der Waals surface area contributed by atoms with Crippen LogP contribution in [0.15, 0.2) is 41.9 Å². The van der Waals surface area contributed by atoms with Crippen molar-refractivity contribution in [1.29, 1.82) is 0 Å². The van der Waals surface area contributed by atoms with E-state index in [4.69, 9.17) is 6.42 Å². The Morgan fingerprint density at radius 2 is 2.14 bits per heavy atom. The lowest BCUT2D eigenvalue weighted by atomic mass is 10.1. The average molecular weight is 308 g/mol. The third kappa shape index (κ3) is 3.05. The third-order valence-corrected chi connectivity index (χ3v) is 3.85. The molecule has 0 aliphatic heterocycles. The first-order valence-electron chi connectivity index (χ1n) is 6.55. The summed E-state index contributed by atoms with van der Waals surface area (Å²) in [7, 11) is 0. The minimum Gasteiger partial charge on any atom is -0.347 e. The van der Waals surface area contributed by atoms with Crippen LogP contribution in [-0.2, 0) is 6.54 Å². The molecule has 0 spiro atoms. The van der Waals surface area contributed by atoms with E-state index in [9.17, 15) is 4.79 Å². The van der Waals surface area contributed by atoms with E-state index in [-0.39, 0.29) is 5.91 Å². The van der Waals surface area contributed by atoms with Crippen LogP contribution in [0.1, 0.15) is 21.1 Å². The normalized spacial score (nSPS) is 10.1. The summed E-state index contributed by atoms with van der Waals surface area (Å²) in [5.74, 6) is 2.19. The van der Waals surface area contributed by atoms with E-state index in [1.54, 1.807) is 11.6 Å². The summed E-state index contributed by atoms with van der Waals surface area (Å²) < 4.78 is 0. The van der Waals surface area contributed by atoms with Crippen molar-refractivity contribution in [2.24, 2.45) is 0 Å². The molecule has 3 rings (SSSR count). The lowest BCUT2D eigenvalue weighted by molar-refractivity contribution is 0.0946. The van der Waals surface area contributed by atoms with Gasteiger partial charge in [0.1, 0.15) is 5.69 Å². The molecule has 0 saturated carbocycles. The Bertz CT molecular complexity index is 813. The number of carbonyl (C=O) groups excluding carboxylic acids is 1. The molecule has 0 unspecified atom stereocenters. The molecule has 2 heterocycles. The molecule has 5 nitrogen and oxygen atoms in total. The largest absolute Gasteiger partial charge is 0.347 e. The van der Waals surface area contributed by atoms with Crippen LogP contribution in [0, 0.1) is 12.3 Å². The number of carbonyl (C=O) groups is 1. The maximum Gasteiger partial charge on any atom is 0.271 e. The summed E-state index contributed by atoms with van der Waals surface area (Å²) >= 11 is 1.28. The number of hydrogen-bond donors (Lipinski definition) is 2. The molecule has 0 aliphatic rings. The van der Waals surface area contributed by atoms with Crippen molar-refractivity contribution in [2.75, 3.05) is 0 Å². The maximum absolute atomic E-state index is 12.0. The second kappa shape index (κ2) is 6.24. The molecule has 0 saturated heterocycles. The lowest BCUT2D eigenvalue weighted by Crippen LogP contribution is -2.23. The lowest BCUT2D eigenvalue weighted by Gasteiger charge is -2.04. The molecule has 1 amide bonds. The van der Waals surface area contributed by atoms with Gasteiger partial charge in [-0.15, -0.1) is 17.8 Å². The van der Waals surface area contributed by atoms with Gasteiger partial charge in [-0.3, -0.25) is 9.89 Å². The number of rotatable bonds is 4. The van der Waals surface area contributed by atoms with E-state index < -0.39 is 0 Å². The van der Waals surface area contributed by atoms with E-state index in [0.717, 1.165) is 16.8 Å². The van der Waals surface area contributed by atoms with Crippen LogP contribution in [0.5, 0.6) is 0 Å². The zero-order chi connectivity index (χ0) is 15.4. The fourth-order valence-electron chi connectivity index (χ4n) is 1.94. The molecular weight excluding hydrogens is 296 g/mol. The van der Waals surface area contributed by atoms with Gasteiger partial charge < -0.3 is 5.32 Å². The highest BCUT2D eigenvalue weighted by atomic mass is 32.1. The number of aromatic amines is 1. The number of thiazole rings is 1. The predicted molar refractivity (Wildman–Crippen MR) is 85.2 cm³/mol. The van der Waals surface area contributed by atoms with E-state index in [1.807, 2.05) is 30.3 Å². The van der Waals surface area contributed by atoms with Gasteiger partial charge in [-0.25, -0.2) is 4.98 Å². The van der Waals surface area contributed by atoms with Crippen molar-refractivity contribution < 1.29 is 4.79 Å². The molecule has 0 bridgehead atoms. The zero-order valence-corrected chi connectivity index (χ0v) is 12.4. The second-order valence-electron chi connectivity index (χ2n) is 4.53. The number of H-pyrrole nitrogens is 1. The van der Waals surface area contributed by atoms with E-state index in [2.05, 4.69) is 26.4 Å². The molecule has 0 atom stereocenters. The standard InChI is InChI=1S/C16H12N4OS/c1-2-15-19-14(10-22-15)16(21)17-9-11-3-5-12(6-4-11)13-7-8-18-20-13/h1,3-8,10H,9H2,(H,17,21)(H,18,20). The van der Waals surface area contributed by atoms with Crippen LogP contribution in [0.25, 0.3) is 11.3 Å². The molecule has 3 aromatic rings. The summed E-state index contributed by atoms with van der Waals surface area (Å²) in [6.45, 7) is 0.436. The highest BCUT2D eigenvalue weighted by Gasteiger charge is 2.09. The van der Waals surface area contributed by atoms with Gasteiger partial charge in [0.05, 0.1) is 5.69 Å². The van der Waals surface area contributed by atoms with Crippen LogP contribution < -0.4 is 5.32 Å². The summed E-state index contributed by atoms with van der Waals surface area (Å²) in [5, 5.41) is 11.8. The van der Waals surface area contributed by atoms with Gasteiger partial charge in [-0.05, 0) is 23.1 Å². The average Bonchev–Trinajstić information content (AvgIpc) is 3.24. The molecule has 0 fully saturated rings. The number of nitrogens with one attached hydrogen (secondary N) is 2. The van der Waals surface area contributed by atoms with Crippen LogP contribution in [0.3, 0.4) is 0 Å². The molecule has 6 heteroatoms. The quantitative estimate of drug-likeness (QED) is 0.727. The first kappa shape index (κ1) is 14.0. The molecular formula is C16H12N4OS. The van der Waals surface area contributed by atoms with Gasteiger partial charge in [0.2, 0.25) is 0 Å². The summed E-state index contributed by atoms with van der Waals surface area (Å²) in [5.41, 5.74) is 3.36. The topological polar surface area (TPSA) is 70.7 Å². The molecule has 0 radical (unpaired) electrons. The first-order valence-corrected chi connectivity index (χ1v) is 7.43. The van der Waals surface area contributed by atoms with Crippen LogP contribution in [-0.4, -0.2) is 21.1 Å². The van der Waals surface area contributed by atoms with Crippen LogP contribution >= 0.6 is 11.3 Å². The van der Waals surface area contributed by atoms with E-state index in [0.29, 0.717) is 17.2 Å². The minimum atomic E-state index is -0.226. The fraction of sp³-hybridized carbons (Fsp3) is 0.0625. The van der Waals surface area contributed by atoms with Crippen molar-refractivity contribution in [1.82, 2.24) is 20.5 Å². The summed E-state index contributed by atoms with van der Waals surface area (Å²) in [6.07, 6.45) is 6.95. The predicted octanol–water partition coefficient (Wildman–Crippen LogP) is 2.44. The smallest absolute Gasteiger partial charge is 0.271 e. The van der Waals surface area contributed by atoms with Gasteiger partial charge in [0.15, 0.2) is 5.01 Å². The molecule has 0 aliphatic carbocycles. The molecule has 1 aromatic carbocycles. The number of terminal acetylenes is 1. The number of benzene rings is 1. The van der Waals surface area contributed by atoms with Crippen LogP contribution in [0.4, 0.5) is 0 Å². The Hall–Kier alpha value is -2.91. The van der Waals surface area contributed by atoms with Gasteiger partial charge in [0, 0.05) is 18.1 Å². The Balaban J connectivity index is 1.62. The second-order valence-corrected chi connectivity index (χ2v) is 5.39. The van der Waals surface area contributed by atoms with Gasteiger partial charge in [-0.2, -0.15) is 5.10 Å². The molecule has 108 valence electrons. The molecule has 2 N–H and O–H groups in total. The van der Waals surface area contributed by atoms with E-state index in [1.165, 1.54) is 11.3 Å². The minimum absolute atomic E-state index is 0.226. The Labute approximate surface area is 131 Å². The number of amides is 1. The van der Waals surface area contributed by atoms with Gasteiger partial charge >= 0.3 is 0 Å². The molecule has 2 aromatic heterocycles. The number of nitrogens with zero attached hydrogens (tertiary/aromatic N) is 2. The first-order chi connectivity index (χ1) is 10.8. The van der Waals surface area contributed by atoms with Crippen molar-refractivity contribution >= 4 is 17.2 Å². The third-order valence-electron chi connectivity index (χ3n) is 3.08. The Morgan fingerprint density at radius 1 is 1.32 bits per heavy atom. The van der Waals surface area contributed by atoms with Crippen molar-refractivity contribution in [2.45, 2.75) is 6.54 Å². The Kier molecular flexibility index (Phi) is 3.99. The van der Waals surface area contributed by atoms with Crippen molar-refractivity contribution in [3.63, 3.8) is 0 Å². The van der Waals surface area contributed by atoms with Crippen molar-refractivity contribution in [3.05, 3.63) is 58.2 Å². The SMILES string of the molecule is C#Cc1nc(C(=O)NCc2ccc(-c3ccn[nH]3)cc2)cs1. The van der Waals surface area contributed by atoms with Gasteiger partial charge in [0.25, 0.3) is 5.91 Å².